The van der Waals surface area contributed by atoms with Crippen LogP contribution in [0.4, 0.5) is 4.79 Å². The number of aromatic nitrogens is 2. The number of hydrogen-bond donors (Lipinski definition) is 1. The third-order valence-corrected chi connectivity index (χ3v) is 5.92. The lowest BCUT2D eigenvalue weighted by atomic mass is 9.95. The minimum Gasteiger partial charge on any atom is -0.441 e. The molecule has 1 spiro atoms. The maximum Gasteiger partial charge on any atom is 0.407 e. The average Bonchev–Trinajstić information content (AvgIpc) is 3.26. The van der Waals surface area contributed by atoms with Crippen molar-refractivity contribution in [2.24, 2.45) is 0 Å². The number of alkyl carbamates (subject to hydrolysis) is 1. The molecule has 1 N–H and O–H groups in total. The number of aryl methyl sites for hydroxylation is 1. The minimum absolute atomic E-state index is 0.268. The van der Waals surface area contributed by atoms with Crippen molar-refractivity contribution in [1.82, 2.24) is 20.0 Å². The van der Waals surface area contributed by atoms with E-state index in [2.05, 4.69) is 52.7 Å². The molecule has 0 saturated carbocycles. The van der Waals surface area contributed by atoms with Crippen LogP contribution >= 0.6 is 0 Å². The summed E-state index contributed by atoms with van der Waals surface area (Å²) in [6, 6.07) is 8.72. The molecule has 150 valence electrons. The van der Waals surface area contributed by atoms with Crippen LogP contribution in [0.2, 0.25) is 0 Å². The lowest BCUT2D eigenvalue weighted by molar-refractivity contribution is 0.0443. The first-order chi connectivity index (χ1) is 13.7. The standard InChI is InChI=1S/C22H30N4O2/c1-2-3-5-18-6-8-20(9-7-18)26-16-19(14-24-26)15-25-12-4-10-22(11-13-25)17-23-21(27)28-22/h6-9,14,16H,2-5,10-13,15,17H2,1H3,(H,23,27)/t22-/m0/s1. The minimum atomic E-state index is -0.296. The number of likely N-dealkylation sites (tertiary alicyclic amines) is 1. The van der Waals surface area contributed by atoms with Gasteiger partial charge in [-0.05, 0) is 49.9 Å². The Morgan fingerprint density at radius 1 is 1.18 bits per heavy atom. The van der Waals surface area contributed by atoms with Gasteiger partial charge in [-0.15, -0.1) is 0 Å². The molecule has 1 aromatic heterocycles. The van der Waals surface area contributed by atoms with Crippen molar-refractivity contribution in [1.29, 1.82) is 0 Å². The number of ether oxygens (including phenoxy) is 1. The summed E-state index contributed by atoms with van der Waals surface area (Å²) in [5.74, 6) is 0. The Hall–Kier alpha value is -2.34. The van der Waals surface area contributed by atoms with Gasteiger partial charge in [0.25, 0.3) is 0 Å². The summed E-state index contributed by atoms with van der Waals surface area (Å²) in [6.45, 7) is 5.71. The van der Waals surface area contributed by atoms with Crippen LogP contribution in [0.5, 0.6) is 0 Å². The van der Waals surface area contributed by atoms with E-state index in [9.17, 15) is 4.79 Å². The molecular weight excluding hydrogens is 352 g/mol. The number of carbonyl (C=O) groups is 1. The van der Waals surface area contributed by atoms with Gasteiger partial charge >= 0.3 is 6.09 Å². The molecule has 0 bridgehead atoms. The molecule has 6 heteroatoms. The summed E-state index contributed by atoms with van der Waals surface area (Å²) in [4.78, 5) is 13.9. The van der Waals surface area contributed by atoms with E-state index in [4.69, 9.17) is 4.74 Å². The first kappa shape index (κ1) is 19.0. The second kappa shape index (κ2) is 8.35. The summed E-state index contributed by atoms with van der Waals surface area (Å²) >= 11 is 0. The van der Waals surface area contributed by atoms with Crippen molar-refractivity contribution in [2.75, 3.05) is 19.6 Å². The van der Waals surface area contributed by atoms with Gasteiger partial charge in [-0.3, -0.25) is 4.90 Å². The van der Waals surface area contributed by atoms with Gasteiger partial charge in [0, 0.05) is 31.3 Å². The summed E-state index contributed by atoms with van der Waals surface area (Å²) in [5.41, 5.74) is 3.41. The molecule has 2 saturated heterocycles. The molecule has 0 aliphatic carbocycles. The van der Waals surface area contributed by atoms with E-state index in [1.165, 1.54) is 24.0 Å². The monoisotopic (exact) mass is 382 g/mol. The number of nitrogens with zero attached hydrogens (tertiary/aromatic N) is 3. The molecule has 1 amide bonds. The number of amides is 1. The lowest BCUT2D eigenvalue weighted by Crippen LogP contribution is -2.34. The van der Waals surface area contributed by atoms with E-state index in [0.29, 0.717) is 6.54 Å². The van der Waals surface area contributed by atoms with Gasteiger partial charge in [0.05, 0.1) is 18.4 Å². The molecule has 0 radical (unpaired) electrons. The number of carbonyl (C=O) groups excluding carboxylic acids is 1. The Morgan fingerprint density at radius 2 is 2.04 bits per heavy atom. The molecule has 28 heavy (non-hydrogen) atoms. The Balaban J connectivity index is 1.35. The third-order valence-electron chi connectivity index (χ3n) is 5.92. The average molecular weight is 383 g/mol. The van der Waals surface area contributed by atoms with Gasteiger partial charge in [-0.1, -0.05) is 25.5 Å². The first-order valence-corrected chi connectivity index (χ1v) is 10.5. The van der Waals surface area contributed by atoms with Crippen LogP contribution < -0.4 is 5.32 Å². The molecule has 3 heterocycles. The Labute approximate surface area is 166 Å². The molecule has 6 nitrogen and oxygen atoms in total. The maximum absolute atomic E-state index is 11.5. The van der Waals surface area contributed by atoms with Crippen LogP contribution in [0.1, 0.15) is 50.2 Å². The van der Waals surface area contributed by atoms with Crippen LogP contribution in [0.3, 0.4) is 0 Å². The van der Waals surface area contributed by atoms with E-state index in [1.807, 2.05) is 10.9 Å². The van der Waals surface area contributed by atoms with Gasteiger partial charge in [0.1, 0.15) is 5.60 Å². The molecule has 4 rings (SSSR count). The zero-order valence-corrected chi connectivity index (χ0v) is 16.7. The predicted octanol–water partition coefficient (Wildman–Crippen LogP) is 3.68. The van der Waals surface area contributed by atoms with Gasteiger partial charge in [-0.25, -0.2) is 9.48 Å². The normalized spacial score (nSPS) is 22.8. The molecule has 1 atom stereocenters. The van der Waals surface area contributed by atoms with Crippen LogP contribution in [0.15, 0.2) is 36.7 Å². The SMILES string of the molecule is CCCCc1ccc(-n2cc(CN3CCC[C@]4(CC3)CNC(=O)O4)cn2)cc1. The summed E-state index contributed by atoms with van der Waals surface area (Å²) in [7, 11) is 0. The molecule has 2 aromatic rings. The highest BCUT2D eigenvalue weighted by atomic mass is 16.6. The molecule has 2 aliphatic rings. The fourth-order valence-electron chi connectivity index (χ4n) is 4.20. The van der Waals surface area contributed by atoms with Gasteiger partial charge < -0.3 is 10.1 Å². The van der Waals surface area contributed by atoms with Crippen LogP contribution in [0, 0.1) is 0 Å². The first-order valence-electron chi connectivity index (χ1n) is 10.5. The zero-order valence-electron chi connectivity index (χ0n) is 16.7. The highest BCUT2D eigenvalue weighted by molar-refractivity contribution is 5.70. The summed E-state index contributed by atoms with van der Waals surface area (Å²) in [6.07, 6.45) is 10.3. The van der Waals surface area contributed by atoms with E-state index in [1.54, 1.807) is 0 Å². The van der Waals surface area contributed by atoms with Crippen molar-refractivity contribution in [3.8, 4) is 5.69 Å². The van der Waals surface area contributed by atoms with Crippen LogP contribution in [-0.4, -0.2) is 46.0 Å². The number of benzene rings is 1. The number of hydrogen-bond acceptors (Lipinski definition) is 4. The van der Waals surface area contributed by atoms with Gasteiger partial charge in [-0.2, -0.15) is 5.10 Å². The quantitative estimate of drug-likeness (QED) is 0.828. The van der Waals surface area contributed by atoms with Crippen LogP contribution in [0.25, 0.3) is 5.69 Å². The molecule has 2 aliphatic heterocycles. The maximum atomic E-state index is 11.5. The lowest BCUT2D eigenvalue weighted by Gasteiger charge is -2.24. The van der Waals surface area contributed by atoms with Gasteiger partial charge in [0.2, 0.25) is 0 Å². The number of rotatable bonds is 6. The predicted molar refractivity (Wildman–Crippen MR) is 109 cm³/mol. The topological polar surface area (TPSA) is 59.4 Å². The Kier molecular flexibility index (Phi) is 5.67. The van der Waals surface area contributed by atoms with E-state index >= 15 is 0 Å². The summed E-state index contributed by atoms with van der Waals surface area (Å²) < 4.78 is 7.53. The van der Waals surface area contributed by atoms with Crippen molar-refractivity contribution in [2.45, 2.75) is 57.6 Å². The van der Waals surface area contributed by atoms with E-state index in [0.717, 1.165) is 51.0 Å². The zero-order chi connectivity index (χ0) is 19.4. The number of nitrogens with one attached hydrogen (secondary N) is 1. The third kappa shape index (κ3) is 4.38. The smallest absolute Gasteiger partial charge is 0.407 e. The van der Waals surface area contributed by atoms with Crippen molar-refractivity contribution in [3.63, 3.8) is 0 Å². The van der Waals surface area contributed by atoms with Crippen molar-refractivity contribution < 1.29 is 9.53 Å². The van der Waals surface area contributed by atoms with Gasteiger partial charge in [0.15, 0.2) is 0 Å². The highest BCUT2D eigenvalue weighted by Crippen LogP contribution is 2.29. The van der Waals surface area contributed by atoms with E-state index < -0.39 is 0 Å². The summed E-state index contributed by atoms with van der Waals surface area (Å²) in [5, 5.41) is 7.37. The van der Waals surface area contributed by atoms with E-state index in [-0.39, 0.29) is 11.7 Å². The fourth-order valence-corrected chi connectivity index (χ4v) is 4.20. The second-order valence-electron chi connectivity index (χ2n) is 8.12. The Morgan fingerprint density at radius 3 is 2.79 bits per heavy atom. The second-order valence-corrected chi connectivity index (χ2v) is 8.12. The molecule has 0 unspecified atom stereocenters. The fraction of sp³-hybridized carbons (Fsp3) is 0.545. The number of unbranched alkanes of at least 4 members (excludes halogenated alkanes) is 1. The Bertz CT molecular complexity index is 801. The van der Waals surface area contributed by atoms with Crippen LogP contribution in [-0.2, 0) is 17.7 Å². The largest absolute Gasteiger partial charge is 0.441 e. The molecular formula is C22H30N4O2. The van der Waals surface area contributed by atoms with Crippen molar-refractivity contribution >= 4 is 6.09 Å². The highest BCUT2D eigenvalue weighted by Gasteiger charge is 2.41. The molecule has 1 aromatic carbocycles. The molecule has 2 fully saturated rings. The van der Waals surface area contributed by atoms with Crippen molar-refractivity contribution in [3.05, 3.63) is 47.8 Å².